The van der Waals surface area contributed by atoms with E-state index in [1.54, 1.807) is 11.3 Å². The molecule has 1 atom stereocenters. The van der Waals surface area contributed by atoms with E-state index in [4.69, 9.17) is 5.73 Å². The zero-order valence-electron chi connectivity index (χ0n) is 8.44. The highest BCUT2D eigenvalue weighted by atomic mass is 32.1. The summed E-state index contributed by atoms with van der Waals surface area (Å²) in [4.78, 5) is 12.6. The molecular formula is C12H10N2OS. The normalized spacial score (nSPS) is 18.3. The van der Waals surface area contributed by atoms with Crippen LogP contribution in [0.5, 0.6) is 0 Å². The lowest BCUT2D eigenvalue weighted by Crippen LogP contribution is -2.19. The Labute approximate surface area is 96.9 Å². The number of fused-ring (bicyclic) bond motifs is 1. The Bertz CT molecular complexity index is 548. The summed E-state index contributed by atoms with van der Waals surface area (Å²) in [5, 5.41) is 4.79. The number of rotatable bonds is 1. The summed E-state index contributed by atoms with van der Waals surface area (Å²) in [5.41, 5.74) is 8.63. The van der Waals surface area contributed by atoms with Crippen molar-refractivity contribution in [1.82, 2.24) is 0 Å². The van der Waals surface area contributed by atoms with Gasteiger partial charge in [0, 0.05) is 16.1 Å². The number of nitrogens with two attached hydrogens (primary N) is 1. The Morgan fingerprint density at radius 3 is 2.94 bits per heavy atom. The van der Waals surface area contributed by atoms with Gasteiger partial charge in [0.1, 0.15) is 6.04 Å². The fourth-order valence-electron chi connectivity index (χ4n) is 1.88. The van der Waals surface area contributed by atoms with Crippen molar-refractivity contribution in [3.05, 3.63) is 41.3 Å². The second-order valence-corrected chi connectivity index (χ2v) is 4.69. The summed E-state index contributed by atoms with van der Waals surface area (Å²) in [5.74, 6) is -0.127. The van der Waals surface area contributed by atoms with Gasteiger partial charge in [-0.05, 0) is 29.1 Å². The third-order valence-corrected chi connectivity index (χ3v) is 3.65. The fraction of sp³-hybridized carbons (Fsp3) is 0.0833. The van der Waals surface area contributed by atoms with Crippen molar-refractivity contribution in [3.8, 4) is 10.4 Å². The maximum atomic E-state index is 11.4. The molecule has 0 saturated heterocycles. The average Bonchev–Trinajstić information content (AvgIpc) is 2.89. The van der Waals surface area contributed by atoms with E-state index >= 15 is 0 Å². The number of carbonyl (C=O) groups excluding carboxylic acids is 1. The highest BCUT2D eigenvalue weighted by Crippen LogP contribution is 2.34. The molecule has 80 valence electrons. The van der Waals surface area contributed by atoms with Gasteiger partial charge in [-0.25, -0.2) is 0 Å². The van der Waals surface area contributed by atoms with Crippen molar-refractivity contribution in [2.75, 3.05) is 5.32 Å². The third-order valence-electron chi connectivity index (χ3n) is 2.73. The van der Waals surface area contributed by atoms with Gasteiger partial charge in [-0.1, -0.05) is 12.1 Å². The summed E-state index contributed by atoms with van der Waals surface area (Å²) >= 11 is 1.68. The number of benzene rings is 1. The van der Waals surface area contributed by atoms with Crippen LogP contribution in [0.1, 0.15) is 11.6 Å². The molecule has 2 aromatic rings. The predicted octanol–water partition coefficient (Wildman–Crippen LogP) is 2.37. The molecule has 4 heteroatoms. The van der Waals surface area contributed by atoms with Gasteiger partial charge < -0.3 is 11.1 Å². The van der Waals surface area contributed by atoms with Crippen LogP contribution in [0.15, 0.2) is 35.7 Å². The molecule has 1 amide bonds. The molecule has 3 nitrogen and oxygen atoms in total. The zero-order chi connectivity index (χ0) is 11.1. The molecule has 0 spiro atoms. The molecular weight excluding hydrogens is 220 g/mol. The fourth-order valence-corrected chi connectivity index (χ4v) is 2.61. The zero-order valence-corrected chi connectivity index (χ0v) is 9.25. The highest BCUT2D eigenvalue weighted by molar-refractivity contribution is 7.13. The Kier molecular flexibility index (Phi) is 2.05. The number of carbonyl (C=O) groups is 1. The van der Waals surface area contributed by atoms with Gasteiger partial charge in [-0.15, -0.1) is 11.3 Å². The van der Waals surface area contributed by atoms with Gasteiger partial charge in [-0.2, -0.15) is 0 Å². The van der Waals surface area contributed by atoms with Gasteiger partial charge in [0.15, 0.2) is 0 Å². The molecule has 1 aromatic carbocycles. The molecule has 0 aliphatic carbocycles. The molecule has 0 radical (unpaired) electrons. The molecule has 1 aromatic heterocycles. The van der Waals surface area contributed by atoms with E-state index in [9.17, 15) is 4.79 Å². The molecule has 16 heavy (non-hydrogen) atoms. The first-order valence-electron chi connectivity index (χ1n) is 5.00. The van der Waals surface area contributed by atoms with E-state index in [2.05, 4.69) is 11.4 Å². The first kappa shape index (κ1) is 9.57. The number of thiophene rings is 1. The van der Waals surface area contributed by atoms with Crippen LogP contribution in [-0.2, 0) is 4.79 Å². The van der Waals surface area contributed by atoms with Gasteiger partial charge in [0.2, 0.25) is 5.91 Å². The molecule has 1 aliphatic heterocycles. The van der Waals surface area contributed by atoms with E-state index in [0.717, 1.165) is 16.8 Å². The van der Waals surface area contributed by atoms with Crippen LogP contribution in [0.25, 0.3) is 10.4 Å². The maximum Gasteiger partial charge on any atom is 0.245 e. The second kappa shape index (κ2) is 3.43. The van der Waals surface area contributed by atoms with E-state index in [-0.39, 0.29) is 5.91 Å². The monoisotopic (exact) mass is 230 g/mol. The highest BCUT2D eigenvalue weighted by Gasteiger charge is 2.27. The summed E-state index contributed by atoms with van der Waals surface area (Å²) in [6, 6.07) is 9.44. The SMILES string of the molecule is N[C@@H]1C(=O)Nc2ccc(-c3cccs3)cc21. The van der Waals surface area contributed by atoms with Gasteiger partial charge >= 0.3 is 0 Å². The van der Waals surface area contributed by atoms with Crippen LogP contribution in [0.3, 0.4) is 0 Å². The Morgan fingerprint density at radius 2 is 2.19 bits per heavy atom. The van der Waals surface area contributed by atoms with Crippen molar-refractivity contribution >= 4 is 22.9 Å². The van der Waals surface area contributed by atoms with Gasteiger partial charge in [0.05, 0.1) is 0 Å². The molecule has 0 unspecified atom stereocenters. The molecule has 0 fully saturated rings. The standard InChI is InChI=1S/C12H10N2OS/c13-11-8-6-7(10-2-1-5-16-10)3-4-9(8)14-12(11)15/h1-6,11H,13H2,(H,14,15)/t11-/m0/s1. The minimum atomic E-state index is -0.532. The Morgan fingerprint density at radius 1 is 1.31 bits per heavy atom. The van der Waals surface area contributed by atoms with Crippen molar-refractivity contribution < 1.29 is 4.79 Å². The van der Waals surface area contributed by atoms with Crippen LogP contribution < -0.4 is 11.1 Å². The van der Waals surface area contributed by atoms with Crippen LogP contribution >= 0.6 is 11.3 Å². The van der Waals surface area contributed by atoms with Crippen molar-refractivity contribution in [1.29, 1.82) is 0 Å². The molecule has 0 bridgehead atoms. The van der Waals surface area contributed by atoms with Crippen molar-refractivity contribution in [2.45, 2.75) is 6.04 Å². The summed E-state index contributed by atoms with van der Waals surface area (Å²) < 4.78 is 0. The summed E-state index contributed by atoms with van der Waals surface area (Å²) in [7, 11) is 0. The van der Waals surface area contributed by atoms with Crippen molar-refractivity contribution in [2.24, 2.45) is 5.73 Å². The molecule has 0 saturated carbocycles. The molecule has 1 aliphatic rings. The largest absolute Gasteiger partial charge is 0.324 e. The Balaban J connectivity index is 2.10. The van der Waals surface area contributed by atoms with Gasteiger partial charge in [0.25, 0.3) is 0 Å². The molecule has 2 heterocycles. The minimum absolute atomic E-state index is 0.127. The van der Waals surface area contributed by atoms with Crippen LogP contribution in [0.2, 0.25) is 0 Å². The van der Waals surface area contributed by atoms with Crippen molar-refractivity contribution in [3.63, 3.8) is 0 Å². The Hall–Kier alpha value is -1.65. The van der Waals surface area contributed by atoms with E-state index in [1.165, 1.54) is 4.88 Å². The topological polar surface area (TPSA) is 55.1 Å². The van der Waals surface area contributed by atoms with Gasteiger partial charge in [-0.3, -0.25) is 4.79 Å². The lowest BCUT2D eigenvalue weighted by atomic mass is 10.0. The van der Waals surface area contributed by atoms with Crippen LogP contribution in [0.4, 0.5) is 5.69 Å². The van der Waals surface area contributed by atoms with E-state index in [1.807, 2.05) is 29.6 Å². The lowest BCUT2D eigenvalue weighted by Gasteiger charge is -2.04. The lowest BCUT2D eigenvalue weighted by molar-refractivity contribution is -0.116. The maximum absolute atomic E-state index is 11.4. The third kappa shape index (κ3) is 1.35. The number of anilines is 1. The van der Waals surface area contributed by atoms with Crippen LogP contribution in [0, 0.1) is 0 Å². The van der Waals surface area contributed by atoms with Crippen LogP contribution in [-0.4, -0.2) is 5.91 Å². The first-order valence-corrected chi connectivity index (χ1v) is 5.88. The predicted molar refractivity (Wildman–Crippen MR) is 65.3 cm³/mol. The number of hydrogen-bond acceptors (Lipinski definition) is 3. The first-order chi connectivity index (χ1) is 7.75. The minimum Gasteiger partial charge on any atom is -0.324 e. The number of hydrogen-bond donors (Lipinski definition) is 2. The second-order valence-electron chi connectivity index (χ2n) is 3.75. The quantitative estimate of drug-likeness (QED) is 0.790. The summed E-state index contributed by atoms with van der Waals surface area (Å²) in [6.07, 6.45) is 0. The van der Waals surface area contributed by atoms with E-state index < -0.39 is 6.04 Å². The molecule has 3 rings (SSSR count). The van der Waals surface area contributed by atoms with E-state index in [0.29, 0.717) is 0 Å². The number of amides is 1. The average molecular weight is 230 g/mol. The summed E-state index contributed by atoms with van der Waals surface area (Å²) in [6.45, 7) is 0. The molecule has 3 N–H and O–H groups in total. The number of nitrogens with one attached hydrogen (secondary N) is 1. The smallest absolute Gasteiger partial charge is 0.245 e.